The SMILES string of the molecule is N#CC1=C(N)N(c2ccc([N+](=O)[O-])cc2)C2=C(C(=O)C[C@H](c3ccccc3)C2)[C@@H]1c1cccnc1. The molecule has 0 saturated heterocycles. The van der Waals surface area contributed by atoms with E-state index in [1.165, 1.54) is 12.1 Å². The van der Waals surface area contributed by atoms with E-state index in [4.69, 9.17) is 5.73 Å². The quantitative estimate of drug-likeness (QED) is 0.439. The van der Waals surface area contributed by atoms with Crippen molar-refractivity contribution in [2.45, 2.75) is 24.7 Å². The zero-order valence-corrected chi connectivity index (χ0v) is 18.7. The minimum atomic E-state index is -0.623. The molecule has 0 radical (unpaired) electrons. The first-order valence-electron chi connectivity index (χ1n) is 11.1. The van der Waals surface area contributed by atoms with Gasteiger partial charge in [0.15, 0.2) is 5.78 Å². The first kappa shape index (κ1) is 22.0. The number of nitriles is 1. The lowest BCUT2D eigenvalue weighted by Crippen LogP contribution is -2.40. The van der Waals surface area contributed by atoms with Crippen LogP contribution in [-0.4, -0.2) is 15.7 Å². The molecule has 8 nitrogen and oxygen atoms in total. The number of ketones is 1. The monoisotopic (exact) mass is 463 g/mol. The van der Waals surface area contributed by atoms with Crippen LogP contribution in [0.5, 0.6) is 0 Å². The van der Waals surface area contributed by atoms with Crippen LogP contribution in [0.2, 0.25) is 0 Å². The summed E-state index contributed by atoms with van der Waals surface area (Å²) >= 11 is 0. The van der Waals surface area contributed by atoms with Gasteiger partial charge in [0, 0.05) is 47.9 Å². The number of anilines is 1. The predicted molar refractivity (Wildman–Crippen MR) is 130 cm³/mol. The Kier molecular flexibility index (Phi) is 5.59. The highest BCUT2D eigenvalue weighted by molar-refractivity contribution is 6.01. The summed E-state index contributed by atoms with van der Waals surface area (Å²) in [7, 11) is 0. The number of Topliss-reactive ketones (excluding diaryl/α,β-unsaturated/α-hetero) is 1. The summed E-state index contributed by atoms with van der Waals surface area (Å²) in [6, 6.07) is 21.6. The fourth-order valence-corrected chi connectivity index (χ4v) is 4.99. The molecule has 1 aromatic heterocycles. The molecule has 0 amide bonds. The Labute approximate surface area is 201 Å². The van der Waals surface area contributed by atoms with E-state index in [2.05, 4.69) is 11.1 Å². The summed E-state index contributed by atoms with van der Waals surface area (Å²) in [6.45, 7) is 0. The summed E-state index contributed by atoms with van der Waals surface area (Å²) in [4.78, 5) is 30.3. The van der Waals surface area contributed by atoms with Gasteiger partial charge in [0.2, 0.25) is 0 Å². The van der Waals surface area contributed by atoms with E-state index in [0.29, 0.717) is 29.8 Å². The summed E-state index contributed by atoms with van der Waals surface area (Å²) in [6.07, 6.45) is 4.13. The molecule has 2 aromatic carbocycles. The second kappa shape index (κ2) is 8.88. The van der Waals surface area contributed by atoms with E-state index in [0.717, 1.165) is 11.1 Å². The lowest BCUT2D eigenvalue weighted by Gasteiger charge is -2.41. The van der Waals surface area contributed by atoms with Crippen molar-refractivity contribution in [3.63, 3.8) is 0 Å². The first-order valence-corrected chi connectivity index (χ1v) is 11.1. The molecule has 172 valence electrons. The molecule has 0 spiro atoms. The van der Waals surface area contributed by atoms with Crippen molar-refractivity contribution in [1.29, 1.82) is 5.26 Å². The van der Waals surface area contributed by atoms with Crippen molar-refractivity contribution in [3.8, 4) is 6.07 Å². The average Bonchev–Trinajstić information content (AvgIpc) is 2.89. The van der Waals surface area contributed by atoms with Gasteiger partial charge in [-0.2, -0.15) is 5.26 Å². The molecule has 2 heterocycles. The zero-order valence-electron chi connectivity index (χ0n) is 18.7. The predicted octanol–water partition coefficient (Wildman–Crippen LogP) is 4.69. The Hall–Kier alpha value is -4.77. The van der Waals surface area contributed by atoms with Gasteiger partial charge in [-0.1, -0.05) is 36.4 Å². The first-order chi connectivity index (χ1) is 17.0. The van der Waals surface area contributed by atoms with Crippen LogP contribution >= 0.6 is 0 Å². The van der Waals surface area contributed by atoms with Crippen LogP contribution < -0.4 is 10.6 Å². The number of nitro groups is 1. The highest BCUT2D eigenvalue weighted by Crippen LogP contribution is 2.49. The number of carbonyl (C=O) groups excluding carboxylic acids is 1. The molecule has 3 aromatic rings. The molecule has 8 heteroatoms. The number of hydrogen-bond acceptors (Lipinski definition) is 7. The largest absolute Gasteiger partial charge is 0.384 e. The Morgan fingerprint density at radius 2 is 1.74 bits per heavy atom. The van der Waals surface area contributed by atoms with E-state index in [1.54, 1.807) is 35.5 Å². The topological polar surface area (TPSA) is 126 Å². The number of pyridine rings is 1. The normalized spacial score (nSPS) is 19.9. The van der Waals surface area contributed by atoms with E-state index in [1.807, 2.05) is 36.4 Å². The molecule has 2 N–H and O–H groups in total. The van der Waals surface area contributed by atoms with E-state index < -0.39 is 10.8 Å². The van der Waals surface area contributed by atoms with Gasteiger partial charge in [0.05, 0.1) is 22.5 Å². The highest BCUT2D eigenvalue weighted by atomic mass is 16.6. The third kappa shape index (κ3) is 3.83. The molecular formula is C27H21N5O3. The number of nitro benzene ring substituents is 1. The number of carbonyl (C=O) groups is 1. The summed E-state index contributed by atoms with van der Waals surface area (Å²) in [5.41, 5.74) is 10.3. The molecule has 2 atom stereocenters. The van der Waals surface area contributed by atoms with Crippen molar-refractivity contribution in [2.75, 3.05) is 4.90 Å². The highest BCUT2D eigenvalue weighted by Gasteiger charge is 2.43. The van der Waals surface area contributed by atoms with Crippen molar-refractivity contribution < 1.29 is 9.72 Å². The molecule has 35 heavy (non-hydrogen) atoms. The summed E-state index contributed by atoms with van der Waals surface area (Å²) in [5.74, 6) is -0.534. The smallest absolute Gasteiger partial charge is 0.269 e. The number of nitrogens with zero attached hydrogens (tertiary/aromatic N) is 4. The maximum Gasteiger partial charge on any atom is 0.269 e. The number of nitrogens with two attached hydrogens (primary N) is 1. The maximum atomic E-state index is 13.7. The van der Waals surface area contributed by atoms with Crippen LogP contribution in [0.15, 0.2) is 102 Å². The van der Waals surface area contributed by atoms with Gasteiger partial charge in [0.1, 0.15) is 5.82 Å². The number of aromatic nitrogens is 1. The summed E-state index contributed by atoms with van der Waals surface area (Å²) in [5, 5.41) is 21.3. The van der Waals surface area contributed by atoms with Crippen molar-refractivity contribution in [3.05, 3.63) is 123 Å². The van der Waals surface area contributed by atoms with Crippen molar-refractivity contribution >= 4 is 17.2 Å². The van der Waals surface area contributed by atoms with Gasteiger partial charge in [-0.3, -0.25) is 24.8 Å². The Morgan fingerprint density at radius 3 is 2.37 bits per heavy atom. The van der Waals surface area contributed by atoms with Crippen LogP contribution in [0.4, 0.5) is 11.4 Å². The Morgan fingerprint density at radius 1 is 1.03 bits per heavy atom. The number of hydrogen-bond donors (Lipinski definition) is 1. The lowest BCUT2D eigenvalue weighted by atomic mass is 9.72. The van der Waals surface area contributed by atoms with Gasteiger partial charge >= 0.3 is 0 Å². The molecule has 1 aliphatic heterocycles. The number of benzene rings is 2. The minimum Gasteiger partial charge on any atom is -0.384 e. The van der Waals surface area contributed by atoms with Gasteiger partial charge in [-0.15, -0.1) is 0 Å². The van der Waals surface area contributed by atoms with Crippen LogP contribution in [0.3, 0.4) is 0 Å². The number of non-ortho nitro benzene ring substituents is 1. The Balaban J connectivity index is 1.71. The molecule has 2 aliphatic rings. The summed E-state index contributed by atoms with van der Waals surface area (Å²) < 4.78 is 0. The average molecular weight is 463 g/mol. The Bertz CT molecular complexity index is 1410. The minimum absolute atomic E-state index is 0.0545. The zero-order chi connectivity index (χ0) is 24.5. The van der Waals surface area contributed by atoms with Gasteiger partial charge in [-0.05, 0) is 41.7 Å². The second-order valence-electron chi connectivity index (χ2n) is 8.54. The molecule has 0 fully saturated rings. The third-order valence-corrected chi connectivity index (χ3v) is 6.57. The molecule has 0 unspecified atom stereocenters. The van der Waals surface area contributed by atoms with E-state index in [9.17, 15) is 20.2 Å². The van der Waals surface area contributed by atoms with Crippen LogP contribution in [0, 0.1) is 21.4 Å². The van der Waals surface area contributed by atoms with E-state index in [-0.39, 0.29) is 28.8 Å². The molecule has 5 rings (SSSR count). The van der Waals surface area contributed by atoms with Crippen molar-refractivity contribution in [2.24, 2.45) is 5.73 Å². The van der Waals surface area contributed by atoms with Crippen LogP contribution in [0.1, 0.15) is 35.8 Å². The molecule has 1 aliphatic carbocycles. The van der Waals surface area contributed by atoms with Crippen LogP contribution in [0.25, 0.3) is 0 Å². The molecule has 0 bridgehead atoms. The molecule has 0 saturated carbocycles. The van der Waals surface area contributed by atoms with Gasteiger partial charge in [0.25, 0.3) is 5.69 Å². The van der Waals surface area contributed by atoms with E-state index >= 15 is 0 Å². The fraction of sp³-hybridized carbons (Fsp3) is 0.148. The second-order valence-corrected chi connectivity index (χ2v) is 8.54. The standard InChI is InChI=1S/C27H21N5O3/c28-15-22-25(18-7-4-12-30-16-18)26-23(13-19(14-24(26)33)17-5-2-1-3-6-17)31(27(22)29)20-8-10-21(11-9-20)32(34)35/h1-12,16,19,25H,13-14,29H2/t19-,25-/m1/s1. The van der Waals surface area contributed by atoms with Gasteiger partial charge in [-0.25, -0.2) is 0 Å². The van der Waals surface area contributed by atoms with Gasteiger partial charge < -0.3 is 5.73 Å². The molecular weight excluding hydrogens is 442 g/mol. The van der Waals surface area contributed by atoms with Crippen LogP contribution in [-0.2, 0) is 4.79 Å². The number of rotatable bonds is 4. The third-order valence-electron chi connectivity index (χ3n) is 6.57. The number of allylic oxidation sites excluding steroid dienone is 3. The van der Waals surface area contributed by atoms with Crippen molar-refractivity contribution in [1.82, 2.24) is 4.98 Å². The fourth-order valence-electron chi connectivity index (χ4n) is 4.99. The maximum absolute atomic E-state index is 13.7. The lowest BCUT2D eigenvalue weighted by molar-refractivity contribution is -0.384.